The second-order valence-electron chi connectivity index (χ2n) is 10.4. The van der Waals surface area contributed by atoms with E-state index in [-0.39, 0.29) is 24.0 Å². The van der Waals surface area contributed by atoms with Crippen molar-refractivity contribution in [2.24, 2.45) is 5.92 Å². The monoisotopic (exact) mass is 531 g/mol. The van der Waals surface area contributed by atoms with Gasteiger partial charge in [-0.25, -0.2) is 0 Å². The van der Waals surface area contributed by atoms with E-state index in [1.165, 1.54) is 11.2 Å². The van der Waals surface area contributed by atoms with Gasteiger partial charge in [-0.2, -0.15) is 0 Å². The minimum absolute atomic E-state index is 0.00833. The molecular formula is C31H33NO7. The Morgan fingerprint density at radius 2 is 1.95 bits per heavy atom. The zero-order valence-corrected chi connectivity index (χ0v) is 22.6. The predicted molar refractivity (Wildman–Crippen MR) is 145 cm³/mol. The summed E-state index contributed by atoms with van der Waals surface area (Å²) >= 11 is 0. The zero-order chi connectivity index (χ0) is 27.7. The fourth-order valence-electron chi connectivity index (χ4n) is 5.06. The van der Waals surface area contributed by atoms with Crippen LogP contribution in [0.5, 0.6) is 17.2 Å². The number of furan rings is 1. The molecule has 0 spiro atoms. The van der Waals surface area contributed by atoms with Crippen molar-refractivity contribution in [1.82, 2.24) is 4.90 Å². The third-order valence-electron chi connectivity index (χ3n) is 7.07. The van der Waals surface area contributed by atoms with Crippen LogP contribution in [-0.4, -0.2) is 41.5 Å². The van der Waals surface area contributed by atoms with Gasteiger partial charge in [0.05, 0.1) is 38.1 Å². The second kappa shape index (κ2) is 10.9. The molecule has 0 radical (unpaired) electrons. The number of ether oxygens (including phenoxy) is 3. The fourth-order valence-corrected chi connectivity index (χ4v) is 5.06. The number of benzene rings is 2. The molecule has 1 saturated heterocycles. The molecule has 3 aromatic rings. The van der Waals surface area contributed by atoms with E-state index in [0.717, 1.165) is 17.7 Å². The molecule has 3 heterocycles. The molecule has 0 aliphatic carbocycles. The lowest BCUT2D eigenvalue weighted by atomic mass is 9.94. The molecule has 1 amide bonds. The van der Waals surface area contributed by atoms with Gasteiger partial charge in [0.25, 0.3) is 11.7 Å². The number of Topliss-reactive ketones (excluding diaryl/α,β-unsaturated/α-hetero) is 1. The predicted octanol–water partition coefficient (Wildman–Crippen LogP) is 5.66. The first kappa shape index (κ1) is 26.4. The Labute approximate surface area is 227 Å². The minimum Gasteiger partial charge on any atom is -0.507 e. The lowest BCUT2D eigenvalue weighted by Gasteiger charge is -2.25. The SMILES string of the molecule is COc1cc([C@H]2C(=C(O)c3ccc4c(c3)C[C@@H](C)O4)C(=O)C(=O)N2Cc2ccco2)ccc1OCCC(C)C. The molecule has 8 heteroatoms. The van der Waals surface area contributed by atoms with Crippen molar-refractivity contribution < 1.29 is 33.3 Å². The largest absolute Gasteiger partial charge is 0.507 e. The average molecular weight is 532 g/mol. The number of hydrogen-bond donors (Lipinski definition) is 1. The molecular weight excluding hydrogens is 498 g/mol. The number of aliphatic hydroxyl groups excluding tert-OH is 1. The Bertz CT molecular complexity index is 1410. The average Bonchev–Trinajstić information content (AvgIpc) is 3.62. The van der Waals surface area contributed by atoms with E-state index in [1.807, 2.05) is 13.0 Å². The molecule has 204 valence electrons. The Hall–Kier alpha value is -4.20. The molecule has 2 atom stereocenters. The van der Waals surface area contributed by atoms with Crippen LogP contribution >= 0.6 is 0 Å². The number of carbonyl (C=O) groups excluding carboxylic acids is 2. The van der Waals surface area contributed by atoms with E-state index in [0.29, 0.717) is 47.3 Å². The Morgan fingerprint density at radius 1 is 1.13 bits per heavy atom. The van der Waals surface area contributed by atoms with Crippen LogP contribution in [0.3, 0.4) is 0 Å². The molecule has 2 aliphatic rings. The summed E-state index contributed by atoms with van der Waals surface area (Å²) < 4.78 is 22.8. The Morgan fingerprint density at radius 3 is 2.67 bits per heavy atom. The van der Waals surface area contributed by atoms with Gasteiger partial charge in [0, 0.05) is 12.0 Å². The highest BCUT2D eigenvalue weighted by atomic mass is 16.5. The van der Waals surface area contributed by atoms with Crippen LogP contribution in [0.2, 0.25) is 0 Å². The molecule has 0 saturated carbocycles. The van der Waals surface area contributed by atoms with Crippen molar-refractivity contribution in [1.29, 1.82) is 0 Å². The van der Waals surface area contributed by atoms with Crippen molar-refractivity contribution in [3.63, 3.8) is 0 Å². The van der Waals surface area contributed by atoms with E-state index in [1.54, 1.807) is 49.6 Å². The Kier molecular flexibility index (Phi) is 7.37. The molecule has 0 unspecified atom stereocenters. The van der Waals surface area contributed by atoms with Crippen molar-refractivity contribution in [3.8, 4) is 17.2 Å². The molecule has 5 rings (SSSR count). The van der Waals surface area contributed by atoms with Crippen LogP contribution in [0.4, 0.5) is 0 Å². The maximum atomic E-state index is 13.4. The summed E-state index contributed by atoms with van der Waals surface area (Å²) in [4.78, 5) is 28.2. The van der Waals surface area contributed by atoms with Crippen molar-refractivity contribution in [2.75, 3.05) is 13.7 Å². The van der Waals surface area contributed by atoms with E-state index in [4.69, 9.17) is 18.6 Å². The van der Waals surface area contributed by atoms with Gasteiger partial charge in [0.15, 0.2) is 11.5 Å². The second-order valence-corrected chi connectivity index (χ2v) is 10.4. The summed E-state index contributed by atoms with van der Waals surface area (Å²) in [5.74, 6) is 1.10. The van der Waals surface area contributed by atoms with Gasteiger partial charge in [-0.05, 0) is 72.9 Å². The third-order valence-corrected chi connectivity index (χ3v) is 7.07. The lowest BCUT2D eigenvalue weighted by molar-refractivity contribution is -0.140. The van der Waals surface area contributed by atoms with Gasteiger partial charge in [-0.3, -0.25) is 9.59 Å². The number of aliphatic hydroxyl groups is 1. The normalized spacial score (nSPS) is 19.9. The highest BCUT2D eigenvalue weighted by molar-refractivity contribution is 6.46. The van der Waals surface area contributed by atoms with Gasteiger partial charge in [0.2, 0.25) is 0 Å². The maximum Gasteiger partial charge on any atom is 0.296 e. The van der Waals surface area contributed by atoms with E-state index < -0.39 is 17.7 Å². The standard InChI is InChI=1S/C31H33NO7/c1-18(2)11-13-38-25-10-7-20(16-26(25)36-4)28-27(30(34)31(35)32(28)17-23-6-5-12-37-23)29(33)21-8-9-24-22(15-21)14-19(3)39-24/h5-10,12,15-16,18-19,28,33H,11,13-14,17H2,1-4H3/t19-,28+/m1/s1. The number of amides is 1. The number of hydrogen-bond acceptors (Lipinski definition) is 7. The zero-order valence-electron chi connectivity index (χ0n) is 22.6. The van der Waals surface area contributed by atoms with Crippen LogP contribution in [0, 0.1) is 5.92 Å². The first-order valence-electron chi connectivity index (χ1n) is 13.2. The molecule has 8 nitrogen and oxygen atoms in total. The highest BCUT2D eigenvalue weighted by Gasteiger charge is 2.46. The van der Waals surface area contributed by atoms with Crippen molar-refractivity contribution in [3.05, 3.63) is 82.8 Å². The maximum absolute atomic E-state index is 13.4. The quantitative estimate of drug-likeness (QED) is 0.216. The number of nitrogens with zero attached hydrogens (tertiary/aromatic N) is 1. The van der Waals surface area contributed by atoms with Crippen LogP contribution in [0.1, 0.15) is 55.7 Å². The molecule has 2 aliphatic heterocycles. The topological polar surface area (TPSA) is 98.4 Å². The number of carbonyl (C=O) groups is 2. The lowest BCUT2D eigenvalue weighted by Crippen LogP contribution is -2.29. The van der Waals surface area contributed by atoms with Gasteiger partial charge >= 0.3 is 0 Å². The molecule has 1 fully saturated rings. The summed E-state index contributed by atoms with van der Waals surface area (Å²) in [6.07, 6.45) is 3.13. The minimum atomic E-state index is -0.864. The van der Waals surface area contributed by atoms with Crippen LogP contribution in [0.15, 0.2) is 64.8 Å². The molecule has 2 aromatic carbocycles. The van der Waals surface area contributed by atoms with Crippen LogP contribution < -0.4 is 14.2 Å². The first-order valence-corrected chi connectivity index (χ1v) is 13.2. The van der Waals surface area contributed by atoms with E-state index in [2.05, 4.69) is 13.8 Å². The van der Waals surface area contributed by atoms with Crippen LogP contribution in [0.25, 0.3) is 5.76 Å². The smallest absolute Gasteiger partial charge is 0.296 e. The molecule has 1 aromatic heterocycles. The number of ketones is 1. The number of methoxy groups -OCH3 is 1. The Balaban J connectivity index is 1.58. The van der Waals surface area contributed by atoms with Gasteiger partial charge in [-0.15, -0.1) is 0 Å². The van der Waals surface area contributed by atoms with E-state index in [9.17, 15) is 14.7 Å². The first-order chi connectivity index (χ1) is 18.8. The number of rotatable bonds is 9. The molecule has 0 bridgehead atoms. The molecule has 39 heavy (non-hydrogen) atoms. The van der Waals surface area contributed by atoms with E-state index >= 15 is 0 Å². The van der Waals surface area contributed by atoms with Gasteiger partial charge in [0.1, 0.15) is 23.4 Å². The van der Waals surface area contributed by atoms with Gasteiger partial charge < -0.3 is 28.6 Å². The highest BCUT2D eigenvalue weighted by Crippen LogP contribution is 2.43. The third kappa shape index (κ3) is 5.24. The summed E-state index contributed by atoms with van der Waals surface area (Å²) in [5, 5.41) is 11.5. The number of likely N-dealkylation sites (tertiary alicyclic amines) is 1. The summed E-state index contributed by atoms with van der Waals surface area (Å²) in [7, 11) is 1.54. The summed E-state index contributed by atoms with van der Waals surface area (Å²) in [5.41, 5.74) is 2.01. The number of fused-ring (bicyclic) bond motifs is 1. The van der Waals surface area contributed by atoms with Crippen LogP contribution in [-0.2, 0) is 22.6 Å². The summed E-state index contributed by atoms with van der Waals surface area (Å²) in [6.45, 7) is 6.82. The molecule has 1 N–H and O–H groups in total. The fraction of sp³-hybridized carbons (Fsp3) is 0.355. The summed E-state index contributed by atoms with van der Waals surface area (Å²) in [6, 6.07) is 13.2. The van der Waals surface area contributed by atoms with Crippen molar-refractivity contribution in [2.45, 2.75) is 52.3 Å². The van der Waals surface area contributed by atoms with Crippen molar-refractivity contribution >= 4 is 17.4 Å². The van der Waals surface area contributed by atoms with Gasteiger partial charge in [-0.1, -0.05) is 19.9 Å².